The van der Waals surface area contributed by atoms with Gasteiger partial charge in [-0.1, -0.05) is 18.2 Å². The van der Waals surface area contributed by atoms with Gasteiger partial charge in [-0.2, -0.15) is 0 Å². The van der Waals surface area contributed by atoms with Crippen molar-refractivity contribution in [2.24, 2.45) is 0 Å². The second-order valence-electron chi connectivity index (χ2n) is 5.02. The number of carboxylic acid groups (broad SMARTS) is 1. The van der Waals surface area contributed by atoms with Crippen molar-refractivity contribution >= 4 is 17.6 Å². The lowest BCUT2D eigenvalue weighted by atomic mass is 9.98. The van der Waals surface area contributed by atoms with E-state index in [4.69, 9.17) is 5.11 Å². The van der Waals surface area contributed by atoms with Crippen LogP contribution in [-0.2, 0) is 9.59 Å². The highest BCUT2D eigenvalue weighted by Crippen LogP contribution is 2.37. The first kappa shape index (κ1) is 13.4. The number of para-hydroxylation sites is 1. The molecule has 0 saturated heterocycles. The van der Waals surface area contributed by atoms with E-state index in [0.717, 1.165) is 11.3 Å². The Kier molecular flexibility index (Phi) is 3.74. The van der Waals surface area contributed by atoms with Crippen LogP contribution in [-0.4, -0.2) is 49.1 Å². The molecule has 1 N–H and O–H groups in total. The van der Waals surface area contributed by atoms with Crippen molar-refractivity contribution in [1.82, 2.24) is 4.90 Å². The molecule has 5 heteroatoms. The van der Waals surface area contributed by atoms with Gasteiger partial charge in [-0.25, -0.2) is 0 Å². The molecule has 0 saturated carbocycles. The van der Waals surface area contributed by atoms with Crippen LogP contribution in [0.3, 0.4) is 0 Å². The van der Waals surface area contributed by atoms with Crippen LogP contribution in [0.25, 0.3) is 0 Å². The van der Waals surface area contributed by atoms with Crippen molar-refractivity contribution in [3.8, 4) is 0 Å². The monoisotopic (exact) mass is 262 g/mol. The molecule has 0 aromatic heterocycles. The van der Waals surface area contributed by atoms with Gasteiger partial charge < -0.3 is 14.9 Å². The maximum atomic E-state index is 11.8. The molecule has 1 aliphatic rings. The van der Waals surface area contributed by atoms with Gasteiger partial charge in [0.15, 0.2) is 0 Å². The smallest absolute Gasteiger partial charge is 0.304 e. The topological polar surface area (TPSA) is 60.9 Å². The maximum Gasteiger partial charge on any atom is 0.304 e. The summed E-state index contributed by atoms with van der Waals surface area (Å²) in [4.78, 5) is 26.2. The van der Waals surface area contributed by atoms with Crippen LogP contribution in [0.5, 0.6) is 0 Å². The lowest BCUT2D eigenvalue weighted by Crippen LogP contribution is -2.36. The van der Waals surface area contributed by atoms with E-state index in [9.17, 15) is 9.59 Å². The molecule has 2 rings (SSSR count). The minimum atomic E-state index is -0.805. The summed E-state index contributed by atoms with van der Waals surface area (Å²) >= 11 is 0. The summed E-state index contributed by atoms with van der Waals surface area (Å²) in [7, 11) is 3.44. The van der Waals surface area contributed by atoms with Crippen LogP contribution in [0.15, 0.2) is 24.3 Å². The van der Waals surface area contributed by atoms with Gasteiger partial charge >= 0.3 is 5.97 Å². The summed E-state index contributed by atoms with van der Waals surface area (Å²) in [6.07, 6.45) is 0.101. The van der Waals surface area contributed by atoms with Crippen molar-refractivity contribution in [1.29, 1.82) is 0 Å². The molecule has 1 heterocycles. The fraction of sp³-hybridized carbons (Fsp3) is 0.429. The molecule has 0 aliphatic carbocycles. The SMILES string of the molecule is CN(C)C(=O)CN1CC(CC(=O)O)c2ccccc21. The van der Waals surface area contributed by atoms with Crippen LogP contribution in [0, 0.1) is 0 Å². The number of rotatable bonds is 4. The first-order chi connectivity index (χ1) is 8.99. The van der Waals surface area contributed by atoms with Gasteiger partial charge in [0.2, 0.25) is 5.91 Å². The molecule has 0 spiro atoms. The largest absolute Gasteiger partial charge is 0.481 e. The zero-order chi connectivity index (χ0) is 14.0. The Bertz CT molecular complexity index is 499. The van der Waals surface area contributed by atoms with E-state index in [-0.39, 0.29) is 18.2 Å². The van der Waals surface area contributed by atoms with E-state index in [1.54, 1.807) is 19.0 Å². The van der Waals surface area contributed by atoms with E-state index >= 15 is 0 Å². The molecule has 0 fully saturated rings. The zero-order valence-corrected chi connectivity index (χ0v) is 11.2. The summed E-state index contributed by atoms with van der Waals surface area (Å²) < 4.78 is 0. The van der Waals surface area contributed by atoms with Gasteiger partial charge in [-0.15, -0.1) is 0 Å². The minimum Gasteiger partial charge on any atom is -0.481 e. The summed E-state index contributed by atoms with van der Waals surface area (Å²) in [6, 6.07) is 7.71. The van der Waals surface area contributed by atoms with E-state index in [1.165, 1.54) is 0 Å². The third-order valence-electron chi connectivity index (χ3n) is 3.40. The second kappa shape index (κ2) is 5.30. The molecule has 0 radical (unpaired) electrons. The third kappa shape index (κ3) is 2.86. The number of anilines is 1. The molecule has 102 valence electrons. The normalized spacial score (nSPS) is 17.2. The quantitative estimate of drug-likeness (QED) is 0.884. The fourth-order valence-corrected chi connectivity index (χ4v) is 2.42. The number of amides is 1. The number of benzene rings is 1. The van der Waals surface area contributed by atoms with Crippen molar-refractivity contribution in [2.75, 3.05) is 32.1 Å². The van der Waals surface area contributed by atoms with Gasteiger partial charge in [0.1, 0.15) is 0 Å². The van der Waals surface area contributed by atoms with E-state index < -0.39 is 5.97 Å². The summed E-state index contributed by atoms with van der Waals surface area (Å²) in [5.74, 6) is -0.824. The summed E-state index contributed by atoms with van der Waals surface area (Å²) in [6.45, 7) is 0.880. The molecule has 0 bridgehead atoms. The van der Waals surface area contributed by atoms with Gasteiger partial charge in [0, 0.05) is 32.2 Å². The molecule has 1 atom stereocenters. The molecule has 1 aromatic rings. The summed E-state index contributed by atoms with van der Waals surface area (Å²) in [5, 5.41) is 8.96. The number of likely N-dealkylation sites (N-methyl/N-ethyl adjacent to an activating group) is 1. The van der Waals surface area contributed by atoms with Crippen LogP contribution in [0.4, 0.5) is 5.69 Å². The van der Waals surface area contributed by atoms with Crippen molar-refractivity contribution in [3.63, 3.8) is 0 Å². The molecule has 19 heavy (non-hydrogen) atoms. The Hall–Kier alpha value is -2.04. The summed E-state index contributed by atoms with van der Waals surface area (Å²) in [5.41, 5.74) is 2.00. The number of nitrogens with zero attached hydrogens (tertiary/aromatic N) is 2. The standard InChI is InChI=1S/C14H18N2O3/c1-15(2)13(17)9-16-8-10(7-14(18)19)11-5-3-4-6-12(11)16/h3-6,10H,7-9H2,1-2H3,(H,18,19). The molecule has 1 aliphatic heterocycles. The number of fused-ring (bicyclic) bond motifs is 1. The molecule has 1 unspecified atom stereocenters. The Labute approximate surface area is 112 Å². The van der Waals surface area contributed by atoms with Gasteiger partial charge in [-0.05, 0) is 11.6 Å². The number of carbonyl (C=O) groups is 2. The number of hydrogen-bond acceptors (Lipinski definition) is 3. The lowest BCUT2D eigenvalue weighted by Gasteiger charge is -2.21. The highest BCUT2D eigenvalue weighted by Gasteiger charge is 2.30. The Balaban J connectivity index is 2.20. The molecular formula is C14H18N2O3. The van der Waals surface area contributed by atoms with Crippen molar-refractivity contribution < 1.29 is 14.7 Å². The molecule has 1 amide bonds. The molecule has 1 aromatic carbocycles. The Morgan fingerprint density at radius 2 is 2.05 bits per heavy atom. The van der Waals surface area contributed by atoms with Gasteiger partial charge in [0.05, 0.1) is 13.0 Å². The van der Waals surface area contributed by atoms with Crippen LogP contribution in [0.2, 0.25) is 0 Å². The molecule has 5 nitrogen and oxygen atoms in total. The van der Waals surface area contributed by atoms with Crippen LogP contribution >= 0.6 is 0 Å². The van der Waals surface area contributed by atoms with Gasteiger partial charge in [0.25, 0.3) is 0 Å². The van der Waals surface area contributed by atoms with Crippen LogP contribution in [0.1, 0.15) is 17.9 Å². The van der Waals surface area contributed by atoms with Gasteiger partial charge in [-0.3, -0.25) is 9.59 Å². The minimum absolute atomic E-state index is 0.0192. The van der Waals surface area contributed by atoms with Crippen molar-refractivity contribution in [2.45, 2.75) is 12.3 Å². The highest BCUT2D eigenvalue weighted by molar-refractivity contribution is 5.82. The number of carboxylic acids is 1. The van der Waals surface area contributed by atoms with E-state index in [1.807, 2.05) is 29.2 Å². The average Bonchev–Trinajstić information content (AvgIpc) is 2.67. The average molecular weight is 262 g/mol. The first-order valence-electron chi connectivity index (χ1n) is 6.25. The number of carbonyl (C=O) groups excluding carboxylic acids is 1. The van der Waals surface area contributed by atoms with E-state index in [0.29, 0.717) is 13.1 Å². The number of aliphatic carboxylic acids is 1. The van der Waals surface area contributed by atoms with Crippen molar-refractivity contribution in [3.05, 3.63) is 29.8 Å². The Morgan fingerprint density at radius 3 is 2.68 bits per heavy atom. The lowest BCUT2D eigenvalue weighted by molar-refractivity contribution is -0.137. The third-order valence-corrected chi connectivity index (χ3v) is 3.40. The second-order valence-corrected chi connectivity index (χ2v) is 5.02. The zero-order valence-electron chi connectivity index (χ0n) is 11.2. The highest BCUT2D eigenvalue weighted by atomic mass is 16.4. The first-order valence-corrected chi connectivity index (χ1v) is 6.25. The molecular weight excluding hydrogens is 244 g/mol. The maximum absolute atomic E-state index is 11.8. The predicted molar refractivity (Wildman–Crippen MR) is 72.3 cm³/mol. The predicted octanol–water partition coefficient (Wildman–Crippen LogP) is 1.15. The fourth-order valence-electron chi connectivity index (χ4n) is 2.42. The number of hydrogen-bond donors (Lipinski definition) is 1. The van der Waals surface area contributed by atoms with E-state index in [2.05, 4.69) is 0 Å². The Morgan fingerprint density at radius 1 is 1.37 bits per heavy atom. The van der Waals surface area contributed by atoms with Crippen LogP contribution < -0.4 is 4.90 Å².